The first-order valence-electron chi connectivity index (χ1n) is 8.69. The van der Waals surface area contributed by atoms with E-state index in [4.69, 9.17) is 21.7 Å². The number of hydrogen-bond donors (Lipinski definition) is 1. The number of rotatable bonds is 7. The van der Waals surface area contributed by atoms with Gasteiger partial charge in [0.25, 0.3) is 0 Å². The maximum absolute atomic E-state index is 12.9. The third kappa shape index (κ3) is 4.77. The Balaban J connectivity index is 2.02. The second-order valence-electron chi connectivity index (χ2n) is 5.99. The van der Waals surface area contributed by atoms with Gasteiger partial charge in [0.1, 0.15) is 0 Å². The molecule has 1 aromatic carbocycles. The molecule has 146 valence electrons. The lowest BCUT2D eigenvalue weighted by atomic mass is 10.3. The highest BCUT2D eigenvalue weighted by atomic mass is 32.2. The van der Waals surface area contributed by atoms with Gasteiger partial charge >= 0.3 is 0 Å². The number of hydrogen-bond acceptors (Lipinski definition) is 5. The number of ether oxygens (including phenoxy) is 2. The third-order valence-electron chi connectivity index (χ3n) is 4.33. The van der Waals surface area contributed by atoms with E-state index in [0.717, 1.165) is 19.4 Å². The molecule has 0 aromatic heterocycles. The van der Waals surface area contributed by atoms with Crippen molar-refractivity contribution in [2.45, 2.75) is 24.7 Å². The fraction of sp³-hybridized carbons (Fsp3) is 0.588. The van der Waals surface area contributed by atoms with E-state index in [1.807, 2.05) is 4.90 Å². The van der Waals surface area contributed by atoms with Crippen LogP contribution in [0.25, 0.3) is 0 Å². The van der Waals surface area contributed by atoms with Gasteiger partial charge in [0, 0.05) is 38.8 Å². The van der Waals surface area contributed by atoms with Gasteiger partial charge in [-0.3, -0.25) is 0 Å². The Morgan fingerprint density at radius 1 is 1.15 bits per heavy atom. The van der Waals surface area contributed by atoms with Crippen molar-refractivity contribution in [3.8, 4) is 11.5 Å². The topological polar surface area (TPSA) is 71.1 Å². The first-order chi connectivity index (χ1) is 12.4. The molecule has 0 radical (unpaired) electrons. The Hall–Kier alpha value is -1.58. The number of piperazine rings is 1. The Labute approximate surface area is 161 Å². The average molecular weight is 402 g/mol. The summed E-state index contributed by atoms with van der Waals surface area (Å²) in [5.74, 6) is 0.897. The molecule has 0 amide bonds. The zero-order valence-electron chi connectivity index (χ0n) is 15.5. The van der Waals surface area contributed by atoms with Gasteiger partial charge in [0.05, 0.1) is 19.1 Å². The summed E-state index contributed by atoms with van der Waals surface area (Å²) in [4.78, 5) is 2.22. The summed E-state index contributed by atoms with van der Waals surface area (Å²) in [6.07, 6.45) is 2.17. The van der Waals surface area contributed by atoms with Gasteiger partial charge in [0.2, 0.25) is 10.0 Å². The van der Waals surface area contributed by atoms with Crippen molar-refractivity contribution in [2.75, 3.05) is 46.9 Å². The Morgan fingerprint density at radius 2 is 1.81 bits per heavy atom. The van der Waals surface area contributed by atoms with Crippen molar-refractivity contribution < 1.29 is 17.9 Å². The summed E-state index contributed by atoms with van der Waals surface area (Å²) in [7, 11) is -0.580. The van der Waals surface area contributed by atoms with Crippen LogP contribution in [-0.4, -0.2) is 69.7 Å². The van der Waals surface area contributed by atoms with Gasteiger partial charge in [-0.05, 0) is 30.8 Å². The SMILES string of the molecule is CCCCNC(=S)N1CCN(S(=O)(=O)c2ccc(OC)c(OC)c2)CC1. The maximum Gasteiger partial charge on any atom is 0.243 e. The van der Waals surface area contributed by atoms with Gasteiger partial charge in [-0.15, -0.1) is 0 Å². The van der Waals surface area contributed by atoms with Crippen LogP contribution in [0.1, 0.15) is 19.8 Å². The second kappa shape index (κ2) is 9.38. The molecule has 0 spiro atoms. The van der Waals surface area contributed by atoms with Crippen molar-refractivity contribution in [3.05, 3.63) is 18.2 Å². The van der Waals surface area contributed by atoms with E-state index >= 15 is 0 Å². The van der Waals surface area contributed by atoms with Gasteiger partial charge in [-0.2, -0.15) is 4.31 Å². The van der Waals surface area contributed by atoms with Crippen LogP contribution in [0.2, 0.25) is 0 Å². The van der Waals surface area contributed by atoms with Crippen LogP contribution in [0.15, 0.2) is 23.1 Å². The summed E-state index contributed by atoms with van der Waals surface area (Å²) in [6, 6.07) is 4.65. The van der Waals surface area contributed by atoms with Crippen molar-refractivity contribution in [1.29, 1.82) is 0 Å². The highest BCUT2D eigenvalue weighted by Gasteiger charge is 2.29. The van der Waals surface area contributed by atoms with Crippen LogP contribution in [0, 0.1) is 0 Å². The summed E-state index contributed by atoms with van der Waals surface area (Å²) in [6.45, 7) is 4.91. The molecule has 1 heterocycles. The summed E-state index contributed by atoms with van der Waals surface area (Å²) in [5, 5.41) is 3.92. The lowest BCUT2D eigenvalue weighted by molar-refractivity contribution is 0.264. The van der Waals surface area contributed by atoms with E-state index in [1.54, 1.807) is 12.1 Å². The number of nitrogens with zero attached hydrogens (tertiary/aromatic N) is 2. The van der Waals surface area contributed by atoms with E-state index in [9.17, 15) is 8.42 Å². The van der Waals surface area contributed by atoms with Crippen molar-refractivity contribution >= 4 is 27.4 Å². The van der Waals surface area contributed by atoms with Gasteiger partial charge in [-0.25, -0.2) is 8.42 Å². The van der Waals surface area contributed by atoms with E-state index in [1.165, 1.54) is 24.6 Å². The quantitative estimate of drug-likeness (QED) is 0.551. The fourth-order valence-electron chi connectivity index (χ4n) is 2.74. The van der Waals surface area contributed by atoms with Crippen LogP contribution >= 0.6 is 12.2 Å². The third-order valence-corrected chi connectivity index (χ3v) is 6.62. The Morgan fingerprint density at radius 3 is 2.38 bits per heavy atom. The monoisotopic (exact) mass is 401 g/mol. The smallest absolute Gasteiger partial charge is 0.243 e. The summed E-state index contributed by atoms with van der Waals surface area (Å²) >= 11 is 5.39. The van der Waals surface area contributed by atoms with Crippen molar-refractivity contribution in [1.82, 2.24) is 14.5 Å². The minimum absolute atomic E-state index is 0.201. The van der Waals surface area contributed by atoms with Crippen LogP contribution < -0.4 is 14.8 Å². The molecular formula is C17H27N3O4S2. The van der Waals surface area contributed by atoms with Gasteiger partial charge < -0.3 is 19.7 Å². The summed E-state index contributed by atoms with van der Waals surface area (Å²) < 4.78 is 37.7. The molecular weight excluding hydrogens is 374 g/mol. The van der Waals surface area contributed by atoms with E-state index in [-0.39, 0.29) is 4.90 Å². The number of nitrogens with one attached hydrogen (secondary N) is 1. The van der Waals surface area contributed by atoms with Gasteiger partial charge in [0.15, 0.2) is 16.6 Å². The van der Waals surface area contributed by atoms with Crippen molar-refractivity contribution in [2.24, 2.45) is 0 Å². The molecule has 0 saturated carbocycles. The van der Waals surface area contributed by atoms with Crippen molar-refractivity contribution in [3.63, 3.8) is 0 Å². The van der Waals surface area contributed by atoms with E-state index in [2.05, 4.69) is 12.2 Å². The molecule has 0 bridgehead atoms. The molecule has 0 atom stereocenters. The Kier molecular flexibility index (Phi) is 7.48. The number of unbranched alkanes of at least 4 members (excludes halogenated alkanes) is 1. The minimum Gasteiger partial charge on any atom is -0.493 e. The highest BCUT2D eigenvalue weighted by Crippen LogP contribution is 2.30. The minimum atomic E-state index is -3.58. The molecule has 0 aliphatic carbocycles. The zero-order valence-corrected chi connectivity index (χ0v) is 17.2. The van der Waals surface area contributed by atoms with Crippen LogP contribution in [0.3, 0.4) is 0 Å². The molecule has 7 nitrogen and oxygen atoms in total. The van der Waals surface area contributed by atoms with Crippen LogP contribution in [-0.2, 0) is 10.0 Å². The first kappa shape index (κ1) is 20.7. The number of benzene rings is 1. The predicted molar refractivity (Wildman–Crippen MR) is 105 cm³/mol. The number of thiocarbonyl (C=S) groups is 1. The largest absolute Gasteiger partial charge is 0.493 e. The average Bonchev–Trinajstić information content (AvgIpc) is 2.67. The normalized spacial score (nSPS) is 15.6. The molecule has 1 fully saturated rings. The molecule has 2 rings (SSSR count). The lowest BCUT2D eigenvalue weighted by Gasteiger charge is -2.35. The van der Waals surface area contributed by atoms with Crippen LogP contribution in [0.4, 0.5) is 0 Å². The maximum atomic E-state index is 12.9. The highest BCUT2D eigenvalue weighted by molar-refractivity contribution is 7.89. The molecule has 1 aromatic rings. The molecule has 1 aliphatic heterocycles. The van der Waals surface area contributed by atoms with E-state index in [0.29, 0.717) is 42.8 Å². The molecule has 9 heteroatoms. The van der Waals surface area contributed by atoms with Gasteiger partial charge in [-0.1, -0.05) is 13.3 Å². The zero-order chi connectivity index (χ0) is 19.2. The molecule has 1 saturated heterocycles. The summed E-state index contributed by atoms with van der Waals surface area (Å²) in [5.41, 5.74) is 0. The molecule has 26 heavy (non-hydrogen) atoms. The molecule has 1 N–H and O–H groups in total. The first-order valence-corrected chi connectivity index (χ1v) is 10.5. The van der Waals surface area contributed by atoms with E-state index < -0.39 is 10.0 Å². The fourth-order valence-corrected chi connectivity index (χ4v) is 4.46. The Bertz CT molecular complexity index is 717. The number of methoxy groups -OCH3 is 2. The molecule has 1 aliphatic rings. The number of sulfonamides is 1. The van der Waals surface area contributed by atoms with Crippen LogP contribution in [0.5, 0.6) is 11.5 Å². The standard InChI is InChI=1S/C17H27N3O4S2/c1-4-5-8-18-17(25)19-9-11-20(12-10-19)26(21,22)14-6-7-15(23-2)16(13-14)24-3/h6-7,13H,4-5,8-12H2,1-3H3,(H,18,25). The lowest BCUT2D eigenvalue weighted by Crippen LogP contribution is -2.53. The molecule has 0 unspecified atom stereocenters. The second-order valence-corrected chi connectivity index (χ2v) is 8.32. The predicted octanol–water partition coefficient (Wildman–Crippen LogP) is 1.68.